The van der Waals surface area contributed by atoms with Gasteiger partial charge in [0.2, 0.25) is 5.91 Å². The zero-order valence-electron chi connectivity index (χ0n) is 9.14. The van der Waals surface area contributed by atoms with Gasteiger partial charge in [-0.05, 0) is 6.07 Å². The largest absolute Gasteiger partial charge is 0.480 e. The van der Waals surface area contributed by atoms with Gasteiger partial charge in [-0.2, -0.15) is 0 Å². The van der Waals surface area contributed by atoms with Gasteiger partial charge in [0.1, 0.15) is 5.58 Å². The average molecular weight is 233 g/mol. The monoisotopic (exact) mass is 233 g/mol. The van der Waals surface area contributed by atoms with Crippen LogP contribution in [0.3, 0.4) is 0 Å². The van der Waals surface area contributed by atoms with Gasteiger partial charge in [-0.25, -0.2) is 0 Å². The van der Waals surface area contributed by atoms with Crippen molar-refractivity contribution in [2.45, 2.75) is 5.92 Å². The number of carboxylic acids is 1. The van der Waals surface area contributed by atoms with Crippen LogP contribution in [0.5, 0.6) is 0 Å². The minimum absolute atomic E-state index is 0.368. The van der Waals surface area contributed by atoms with Gasteiger partial charge in [0.15, 0.2) is 5.92 Å². The number of para-hydroxylation sites is 1. The van der Waals surface area contributed by atoms with Crippen molar-refractivity contribution in [3.63, 3.8) is 0 Å². The molecule has 0 radical (unpaired) electrons. The summed E-state index contributed by atoms with van der Waals surface area (Å²) in [5, 5.41) is 12.1. The first-order valence-corrected chi connectivity index (χ1v) is 5.05. The molecule has 0 saturated carbocycles. The minimum atomic E-state index is -1.25. The number of likely N-dealkylation sites (N-methyl/N-ethyl adjacent to an activating group) is 1. The molecule has 1 amide bonds. The van der Waals surface area contributed by atoms with E-state index in [4.69, 9.17) is 9.52 Å². The lowest BCUT2D eigenvalue weighted by atomic mass is 9.98. The molecule has 0 bridgehead atoms. The highest BCUT2D eigenvalue weighted by Crippen LogP contribution is 2.28. The molecule has 5 heteroatoms. The van der Waals surface area contributed by atoms with Gasteiger partial charge in [-0.1, -0.05) is 18.2 Å². The van der Waals surface area contributed by atoms with E-state index in [1.165, 1.54) is 13.3 Å². The van der Waals surface area contributed by atoms with E-state index in [1.807, 2.05) is 0 Å². The molecule has 1 heterocycles. The van der Waals surface area contributed by atoms with Crippen LogP contribution in [-0.4, -0.2) is 24.0 Å². The molecule has 1 aromatic heterocycles. The second-order valence-corrected chi connectivity index (χ2v) is 3.57. The molecule has 0 spiro atoms. The van der Waals surface area contributed by atoms with Crippen molar-refractivity contribution in [2.75, 3.05) is 7.05 Å². The zero-order valence-corrected chi connectivity index (χ0v) is 9.14. The molecule has 2 aromatic rings. The van der Waals surface area contributed by atoms with Crippen molar-refractivity contribution in [1.29, 1.82) is 0 Å². The number of carbonyl (C=O) groups is 2. The maximum atomic E-state index is 11.6. The summed E-state index contributed by atoms with van der Waals surface area (Å²) in [6, 6.07) is 7.00. The molecular weight excluding hydrogens is 222 g/mol. The second-order valence-electron chi connectivity index (χ2n) is 3.57. The molecule has 0 aliphatic rings. The van der Waals surface area contributed by atoms with Gasteiger partial charge in [0.05, 0.1) is 6.26 Å². The molecule has 1 atom stereocenters. The standard InChI is InChI=1S/C12H11NO4/c1-13-11(14)10(12(15)16)8-6-17-9-5-3-2-4-7(8)9/h2-6,10H,1H3,(H,13,14)(H,15,16). The van der Waals surface area contributed by atoms with Crippen LogP contribution >= 0.6 is 0 Å². The predicted octanol–water partition coefficient (Wildman–Crippen LogP) is 1.35. The van der Waals surface area contributed by atoms with Gasteiger partial charge in [-0.15, -0.1) is 0 Å². The Morgan fingerprint density at radius 2 is 2.06 bits per heavy atom. The minimum Gasteiger partial charge on any atom is -0.480 e. The molecule has 1 aromatic carbocycles. The van der Waals surface area contributed by atoms with Crippen LogP contribution in [0.1, 0.15) is 11.5 Å². The highest BCUT2D eigenvalue weighted by atomic mass is 16.4. The number of aliphatic carboxylic acids is 1. The number of carboxylic acid groups (broad SMARTS) is 1. The van der Waals surface area contributed by atoms with E-state index in [0.29, 0.717) is 16.5 Å². The van der Waals surface area contributed by atoms with E-state index in [1.54, 1.807) is 24.3 Å². The normalized spacial score (nSPS) is 12.3. The van der Waals surface area contributed by atoms with Crippen LogP contribution in [0.25, 0.3) is 11.0 Å². The van der Waals surface area contributed by atoms with E-state index in [9.17, 15) is 9.59 Å². The van der Waals surface area contributed by atoms with Crippen molar-refractivity contribution >= 4 is 22.8 Å². The van der Waals surface area contributed by atoms with Gasteiger partial charge in [0.25, 0.3) is 0 Å². The Bertz CT molecular complexity index is 573. The summed E-state index contributed by atoms with van der Waals surface area (Å²) in [6.45, 7) is 0. The highest BCUT2D eigenvalue weighted by Gasteiger charge is 2.30. The van der Waals surface area contributed by atoms with Gasteiger partial charge < -0.3 is 14.8 Å². The van der Waals surface area contributed by atoms with E-state index >= 15 is 0 Å². The quantitative estimate of drug-likeness (QED) is 0.784. The maximum absolute atomic E-state index is 11.6. The fourth-order valence-corrected chi connectivity index (χ4v) is 1.75. The number of fused-ring (bicyclic) bond motifs is 1. The fraction of sp³-hybridized carbons (Fsp3) is 0.167. The van der Waals surface area contributed by atoms with Crippen molar-refractivity contribution in [1.82, 2.24) is 5.32 Å². The molecule has 0 aliphatic heterocycles. The van der Waals surface area contributed by atoms with E-state index in [0.717, 1.165) is 0 Å². The van der Waals surface area contributed by atoms with E-state index in [-0.39, 0.29) is 0 Å². The summed E-state index contributed by atoms with van der Waals surface area (Å²) in [6.07, 6.45) is 1.32. The predicted molar refractivity (Wildman–Crippen MR) is 60.7 cm³/mol. The van der Waals surface area contributed by atoms with E-state index in [2.05, 4.69) is 5.32 Å². The van der Waals surface area contributed by atoms with Crippen molar-refractivity contribution in [3.8, 4) is 0 Å². The third-order valence-corrected chi connectivity index (χ3v) is 2.58. The summed E-state index contributed by atoms with van der Waals surface area (Å²) in [5.74, 6) is -3.01. The van der Waals surface area contributed by atoms with Crippen molar-refractivity contribution in [2.24, 2.45) is 0 Å². The molecule has 0 aliphatic carbocycles. The summed E-state index contributed by atoms with van der Waals surface area (Å²) < 4.78 is 5.23. The Labute approximate surface area is 97.0 Å². The number of amides is 1. The average Bonchev–Trinajstić information content (AvgIpc) is 2.73. The molecule has 5 nitrogen and oxygen atoms in total. The van der Waals surface area contributed by atoms with Crippen LogP contribution in [-0.2, 0) is 9.59 Å². The van der Waals surface area contributed by atoms with E-state index < -0.39 is 17.8 Å². The highest BCUT2D eigenvalue weighted by molar-refractivity contribution is 6.05. The summed E-state index contributed by atoms with van der Waals surface area (Å²) in [5.41, 5.74) is 0.935. The zero-order chi connectivity index (χ0) is 12.4. The number of benzene rings is 1. The molecule has 2 rings (SSSR count). The molecule has 88 valence electrons. The molecule has 1 unspecified atom stereocenters. The Kier molecular flexibility index (Phi) is 2.82. The lowest BCUT2D eigenvalue weighted by Crippen LogP contribution is -2.30. The smallest absolute Gasteiger partial charge is 0.320 e. The third kappa shape index (κ3) is 1.87. The van der Waals surface area contributed by atoms with Gasteiger partial charge >= 0.3 is 5.97 Å². The number of furan rings is 1. The first kappa shape index (κ1) is 11.2. The van der Waals surface area contributed by atoms with Crippen LogP contribution in [0, 0.1) is 0 Å². The van der Waals surface area contributed by atoms with Crippen LogP contribution < -0.4 is 5.32 Å². The van der Waals surface area contributed by atoms with Crippen LogP contribution in [0.2, 0.25) is 0 Å². The van der Waals surface area contributed by atoms with Crippen LogP contribution in [0.15, 0.2) is 34.9 Å². The molecule has 0 saturated heterocycles. The maximum Gasteiger partial charge on any atom is 0.320 e. The van der Waals surface area contributed by atoms with Crippen molar-refractivity contribution < 1.29 is 19.1 Å². The number of rotatable bonds is 3. The Hall–Kier alpha value is -2.30. The third-order valence-electron chi connectivity index (χ3n) is 2.58. The summed E-state index contributed by atoms with van der Waals surface area (Å²) in [7, 11) is 1.40. The molecule has 17 heavy (non-hydrogen) atoms. The Morgan fingerprint density at radius 1 is 1.35 bits per heavy atom. The molecular formula is C12H11NO4. The molecule has 0 fully saturated rings. The number of hydrogen-bond acceptors (Lipinski definition) is 3. The molecule has 2 N–H and O–H groups in total. The fourth-order valence-electron chi connectivity index (χ4n) is 1.75. The lowest BCUT2D eigenvalue weighted by molar-refractivity contribution is -0.143. The first-order valence-electron chi connectivity index (χ1n) is 5.05. The number of nitrogens with one attached hydrogen (secondary N) is 1. The SMILES string of the molecule is CNC(=O)C(C(=O)O)c1coc2ccccc12. The topological polar surface area (TPSA) is 79.5 Å². The second kappa shape index (κ2) is 4.29. The van der Waals surface area contributed by atoms with Gasteiger partial charge in [-0.3, -0.25) is 9.59 Å². The van der Waals surface area contributed by atoms with Gasteiger partial charge in [0, 0.05) is 18.0 Å². The first-order chi connectivity index (χ1) is 8.15. The number of carbonyl (C=O) groups excluding carboxylic acids is 1. The Morgan fingerprint density at radius 3 is 2.71 bits per heavy atom. The summed E-state index contributed by atoms with van der Waals surface area (Å²) in [4.78, 5) is 22.7. The van der Waals surface area contributed by atoms with Crippen molar-refractivity contribution in [3.05, 3.63) is 36.1 Å². The summed E-state index contributed by atoms with van der Waals surface area (Å²) >= 11 is 0. The number of hydrogen-bond donors (Lipinski definition) is 2. The lowest BCUT2D eigenvalue weighted by Gasteiger charge is -2.08. The van der Waals surface area contributed by atoms with Crippen LogP contribution in [0.4, 0.5) is 0 Å². The Balaban J connectivity index is 2.57.